The highest BCUT2D eigenvalue weighted by Crippen LogP contribution is 2.49. The Balaban J connectivity index is 2.26. The normalized spacial score (nSPS) is 35.1. The van der Waals surface area contributed by atoms with Crippen molar-refractivity contribution in [1.82, 2.24) is 0 Å². The number of ketones is 1. The van der Waals surface area contributed by atoms with Crippen LogP contribution in [-0.4, -0.2) is 18.9 Å². The Bertz CT molecular complexity index is 298. The summed E-state index contributed by atoms with van der Waals surface area (Å²) < 4.78 is 4.99. The standard InChI is InChI=1S/C13H20O3/c1-16-12(15)13-7-4-2-3-5-10(13)9-11(14)6-8-13/h10H,2-9H2,1H3/t10-,13-/m1/s1. The molecular formula is C13H20O3. The number of hydrogen-bond donors (Lipinski definition) is 0. The summed E-state index contributed by atoms with van der Waals surface area (Å²) in [5, 5.41) is 0. The Hall–Kier alpha value is -0.860. The molecule has 3 nitrogen and oxygen atoms in total. The molecule has 0 radical (unpaired) electrons. The summed E-state index contributed by atoms with van der Waals surface area (Å²) in [6.07, 6.45) is 7.22. The first-order valence-corrected chi connectivity index (χ1v) is 6.29. The van der Waals surface area contributed by atoms with Crippen LogP contribution < -0.4 is 0 Å². The Morgan fingerprint density at radius 2 is 2.12 bits per heavy atom. The fourth-order valence-corrected chi connectivity index (χ4v) is 3.43. The average molecular weight is 224 g/mol. The van der Waals surface area contributed by atoms with E-state index in [-0.39, 0.29) is 17.3 Å². The van der Waals surface area contributed by atoms with Crippen LogP contribution in [0.25, 0.3) is 0 Å². The number of methoxy groups -OCH3 is 1. The van der Waals surface area contributed by atoms with Crippen molar-refractivity contribution >= 4 is 11.8 Å². The molecular weight excluding hydrogens is 204 g/mol. The SMILES string of the molecule is COC(=O)[C@@]12CCCCC[C@@H]1CC(=O)CC2. The summed E-state index contributed by atoms with van der Waals surface area (Å²) in [7, 11) is 1.47. The second-order valence-corrected chi connectivity index (χ2v) is 5.19. The van der Waals surface area contributed by atoms with E-state index in [0.29, 0.717) is 25.0 Å². The molecule has 2 aliphatic carbocycles. The van der Waals surface area contributed by atoms with Crippen LogP contribution in [0.4, 0.5) is 0 Å². The lowest BCUT2D eigenvalue weighted by Gasteiger charge is -2.40. The van der Waals surface area contributed by atoms with Crippen molar-refractivity contribution in [2.24, 2.45) is 11.3 Å². The summed E-state index contributed by atoms with van der Waals surface area (Å²) in [6, 6.07) is 0. The van der Waals surface area contributed by atoms with Crippen LogP contribution in [0, 0.1) is 11.3 Å². The minimum absolute atomic E-state index is 0.0769. The van der Waals surface area contributed by atoms with Crippen LogP contribution in [-0.2, 0) is 14.3 Å². The van der Waals surface area contributed by atoms with Gasteiger partial charge in [-0.15, -0.1) is 0 Å². The minimum Gasteiger partial charge on any atom is -0.469 e. The summed E-state index contributed by atoms with van der Waals surface area (Å²) in [5.41, 5.74) is -0.334. The van der Waals surface area contributed by atoms with Crippen LogP contribution in [0.1, 0.15) is 51.4 Å². The molecule has 0 unspecified atom stereocenters. The molecule has 16 heavy (non-hydrogen) atoms. The maximum Gasteiger partial charge on any atom is 0.312 e. The molecule has 0 N–H and O–H groups in total. The molecule has 0 spiro atoms. The zero-order valence-electron chi connectivity index (χ0n) is 9.96. The monoisotopic (exact) mass is 224 g/mol. The van der Waals surface area contributed by atoms with Gasteiger partial charge >= 0.3 is 5.97 Å². The van der Waals surface area contributed by atoms with E-state index < -0.39 is 0 Å². The van der Waals surface area contributed by atoms with E-state index in [4.69, 9.17) is 4.74 Å². The first-order chi connectivity index (χ1) is 7.69. The Morgan fingerprint density at radius 3 is 2.88 bits per heavy atom. The van der Waals surface area contributed by atoms with Crippen LogP contribution in [0.3, 0.4) is 0 Å². The minimum atomic E-state index is -0.334. The molecule has 2 fully saturated rings. The number of carbonyl (C=O) groups is 2. The van der Waals surface area contributed by atoms with Gasteiger partial charge in [-0.3, -0.25) is 9.59 Å². The fourth-order valence-electron chi connectivity index (χ4n) is 3.43. The van der Waals surface area contributed by atoms with Gasteiger partial charge in [0.05, 0.1) is 12.5 Å². The highest BCUT2D eigenvalue weighted by atomic mass is 16.5. The molecule has 0 bridgehead atoms. The van der Waals surface area contributed by atoms with Crippen molar-refractivity contribution in [2.45, 2.75) is 51.4 Å². The van der Waals surface area contributed by atoms with Gasteiger partial charge in [0.2, 0.25) is 0 Å². The second kappa shape index (κ2) is 4.56. The van der Waals surface area contributed by atoms with Crippen LogP contribution in [0.2, 0.25) is 0 Å². The lowest BCUT2D eigenvalue weighted by molar-refractivity contribution is -0.160. The molecule has 2 rings (SSSR count). The Morgan fingerprint density at radius 1 is 1.31 bits per heavy atom. The predicted octanol–water partition coefficient (Wildman–Crippen LogP) is 2.48. The molecule has 0 amide bonds. The Labute approximate surface area is 96.5 Å². The molecule has 0 aliphatic heterocycles. The molecule has 0 aromatic carbocycles. The number of Topliss-reactive ketones (excluding diaryl/α,β-unsaturated/α-hetero) is 1. The number of hydrogen-bond acceptors (Lipinski definition) is 3. The lowest BCUT2D eigenvalue weighted by atomic mass is 9.63. The number of carbonyl (C=O) groups excluding carboxylic acids is 2. The maximum absolute atomic E-state index is 12.0. The summed E-state index contributed by atoms with van der Waals surface area (Å²) in [4.78, 5) is 23.6. The second-order valence-electron chi connectivity index (χ2n) is 5.19. The highest BCUT2D eigenvalue weighted by molar-refractivity contribution is 5.85. The zero-order chi connectivity index (χ0) is 11.6. The van der Waals surface area contributed by atoms with Crippen molar-refractivity contribution in [1.29, 1.82) is 0 Å². The maximum atomic E-state index is 12.0. The third kappa shape index (κ3) is 1.87. The van der Waals surface area contributed by atoms with Gasteiger partial charge in [0, 0.05) is 12.8 Å². The number of fused-ring (bicyclic) bond motifs is 1. The topological polar surface area (TPSA) is 43.4 Å². The molecule has 2 saturated carbocycles. The van der Waals surface area contributed by atoms with Crippen molar-refractivity contribution in [3.05, 3.63) is 0 Å². The number of esters is 1. The van der Waals surface area contributed by atoms with E-state index in [1.165, 1.54) is 13.5 Å². The van der Waals surface area contributed by atoms with Gasteiger partial charge in [-0.2, -0.15) is 0 Å². The van der Waals surface area contributed by atoms with Crippen LogP contribution in [0.15, 0.2) is 0 Å². The van der Waals surface area contributed by atoms with E-state index in [2.05, 4.69) is 0 Å². The van der Waals surface area contributed by atoms with E-state index in [0.717, 1.165) is 25.7 Å². The van der Waals surface area contributed by atoms with Crippen LogP contribution in [0.5, 0.6) is 0 Å². The van der Waals surface area contributed by atoms with E-state index in [1.807, 2.05) is 0 Å². The van der Waals surface area contributed by atoms with Gasteiger partial charge in [0.25, 0.3) is 0 Å². The fraction of sp³-hybridized carbons (Fsp3) is 0.846. The van der Waals surface area contributed by atoms with E-state index >= 15 is 0 Å². The third-order valence-electron chi connectivity index (χ3n) is 4.37. The smallest absolute Gasteiger partial charge is 0.312 e. The summed E-state index contributed by atoms with van der Waals surface area (Å²) >= 11 is 0. The molecule has 0 saturated heterocycles. The van der Waals surface area contributed by atoms with E-state index in [1.54, 1.807) is 0 Å². The van der Waals surface area contributed by atoms with Gasteiger partial charge in [0.15, 0.2) is 0 Å². The average Bonchev–Trinajstić information content (AvgIpc) is 2.50. The van der Waals surface area contributed by atoms with Gasteiger partial charge in [-0.1, -0.05) is 19.3 Å². The summed E-state index contributed by atoms with van der Waals surface area (Å²) in [5.74, 6) is 0.488. The van der Waals surface area contributed by atoms with Gasteiger partial charge in [-0.05, 0) is 25.2 Å². The van der Waals surface area contributed by atoms with Crippen molar-refractivity contribution in [3.63, 3.8) is 0 Å². The molecule has 0 aromatic rings. The van der Waals surface area contributed by atoms with Crippen LogP contribution >= 0.6 is 0 Å². The van der Waals surface area contributed by atoms with Crippen molar-refractivity contribution < 1.29 is 14.3 Å². The van der Waals surface area contributed by atoms with Crippen molar-refractivity contribution in [2.75, 3.05) is 7.11 Å². The quantitative estimate of drug-likeness (QED) is 0.643. The van der Waals surface area contributed by atoms with Gasteiger partial charge < -0.3 is 4.74 Å². The molecule has 0 aromatic heterocycles. The number of ether oxygens (including phenoxy) is 1. The van der Waals surface area contributed by atoms with Crippen molar-refractivity contribution in [3.8, 4) is 0 Å². The molecule has 90 valence electrons. The van der Waals surface area contributed by atoms with E-state index in [9.17, 15) is 9.59 Å². The predicted molar refractivity (Wildman–Crippen MR) is 59.9 cm³/mol. The zero-order valence-corrected chi connectivity index (χ0v) is 9.96. The highest BCUT2D eigenvalue weighted by Gasteiger charge is 2.49. The largest absolute Gasteiger partial charge is 0.469 e. The molecule has 2 atom stereocenters. The first kappa shape index (κ1) is 11.6. The number of rotatable bonds is 1. The van der Waals surface area contributed by atoms with Gasteiger partial charge in [-0.25, -0.2) is 0 Å². The third-order valence-corrected chi connectivity index (χ3v) is 4.37. The molecule has 3 heteroatoms. The Kier molecular flexibility index (Phi) is 3.31. The lowest BCUT2D eigenvalue weighted by Crippen LogP contribution is -2.43. The molecule has 2 aliphatic rings. The summed E-state index contributed by atoms with van der Waals surface area (Å²) in [6.45, 7) is 0. The van der Waals surface area contributed by atoms with Gasteiger partial charge in [0.1, 0.15) is 5.78 Å². The first-order valence-electron chi connectivity index (χ1n) is 6.29. The molecule has 0 heterocycles.